The molecule has 0 spiro atoms. The zero-order chi connectivity index (χ0) is 17.0. The van der Waals surface area contributed by atoms with E-state index in [0.717, 1.165) is 24.2 Å². The Labute approximate surface area is 138 Å². The molecule has 1 aromatic rings. The Bertz CT molecular complexity index is 552. The van der Waals surface area contributed by atoms with E-state index in [1.54, 1.807) is 13.8 Å². The maximum atomic E-state index is 12.7. The number of carbonyl (C=O) groups is 1. The number of nitrogens with zero attached hydrogens (tertiary/aromatic N) is 1. The lowest BCUT2D eigenvalue weighted by molar-refractivity contribution is 0.0211. The Hall–Kier alpha value is -1.59. The van der Waals surface area contributed by atoms with Crippen LogP contribution in [0.25, 0.3) is 0 Å². The maximum Gasteiger partial charge on any atom is 0.253 e. The Morgan fingerprint density at radius 2 is 2.22 bits per heavy atom. The van der Waals surface area contributed by atoms with Crippen molar-refractivity contribution in [2.75, 3.05) is 26.2 Å². The van der Waals surface area contributed by atoms with E-state index in [4.69, 9.17) is 10.5 Å². The number of carbonyl (C=O) groups excluding carboxylic acids is 1. The minimum absolute atomic E-state index is 0.000393. The fraction of sp³-hybridized carbons (Fsp3) is 0.611. The zero-order valence-electron chi connectivity index (χ0n) is 14.3. The number of aliphatic hydroxyl groups is 1. The summed E-state index contributed by atoms with van der Waals surface area (Å²) >= 11 is 0. The van der Waals surface area contributed by atoms with Crippen LogP contribution in [0.15, 0.2) is 18.2 Å². The van der Waals surface area contributed by atoms with Gasteiger partial charge in [-0.05, 0) is 57.9 Å². The van der Waals surface area contributed by atoms with Gasteiger partial charge in [0, 0.05) is 24.6 Å². The third-order valence-electron chi connectivity index (χ3n) is 4.52. The molecule has 0 unspecified atom stereocenters. The minimum atomic E-state index is -0.751. The average Bonchev–Trinajstić information content (AvgIpc) is 2.98. The Balaban J connectivity index is 2.06. The van der Waals surface area contributed by atoms with E-state index in [1.807, 2.05) is 30.0 Å². The van der Waals surface area contributed by atoms with Crippen molar-refractivity contribution >= 4 is 5.91 Å². The van der Waals surface area contributed by atoms with Crippen molar-refractivity contribution in [1.29, 1.82) is 0 Å². The quantitative estimate of drug-likeness (QED) is 0.786. The summed E-state index contributed by atoms with van der Waals surface area (Å²) in [7, 11) is 0. The molecule has 1 atom stereocenters. The molecule has 0 saturated carbocycles. The number of ether oxygens (including phenoxy) is 1. The number of hydrogen-bond donors (Lipinski definition) is 2. The third kappa shape index (κ3) is 4.45. The number of likely N-dealkylation sites (tertiary alicyclic amines) is 1. The van der Waals surface area contributed by atoms with Gasteiger partial charge in [-0.15, -0.1) is 0 Å². The molecule has 0 aromatic heterocycles. The highest BCUT2D eigenvalue weighted by molar-refractivity contribution is 5.95. The Kier molecular flexibility index (Phi) is 5.65. The molecule has 1 saturated heterocycles. The molecule has 5 nitrogen and oxygen atoms in total. The van der Waals surface area contributed by atoms with Crippen LogP contribution < -0.4 is 10.5 Å². The average molecular weight is 320 g/mol. The molecular formula is C18H28N2O3. The van der Waals surface area contributed by atoms with Gasteiger partial charge in [0.1, 0.15) is 5.75 Å². The number of hydrogen-bond acceptors (Lipinski definition) is 4. The van der Waals surface area contributed by atoms with Gasteiger partial charge in [-0.25, -0.2) is 0 Å². The second-order valence-electron chi connectivity index (χ2n) is 6.86. The van der Waals surface area contributed by atoms with Gasteiger partial charge < -0.3 is 20.5 Å². The van der Waals surface area contributed by atoms with E-state index in [9.17, 15) is 9.90 Å². The van der Waals surface area contributed by atoms with Crippen LogP contribution in [0.2, 0.25) is 0 Å². The van der Waals surface area contributed by atoms with Gasteiger partial charge in [-0.1, -0.05) is 6.07 Å². The highest BCUT2D eigenvalue weighted by Crippen LogP contribution is 2.29. The number of rotatable bonds is 6. The summed E-state index contributed by atoms with van der Waals surface area (Å²) in [4.78, 5) is 14.5. The molecule has 5 heteroatoms. The first-order valence-electron chi connectivity index (χ1n) is 8.28. The van der Waals surface area contributed by atoms with Gasteiger partial charge in [0.25, 0.3) is 5.91 Å². The molecule has 1 fully saturated rings. The number of nitrogens with two attached hydrogens (primary N) is 1. The van der Waals surface area contributed by atoms with E-state index >= 15 is 0 Å². The smallest absolute Gasteiger partial charge is 0.253 e. The molecule has 2 rings (SSSR count). The van der Waals surface area contributed by atoms with Crippen LogP contribution in [0.4, 0.5) is 0 Å². The van der Waals surface area contributed by atoms with Crippen LogP contribution in [0.1, 0.15) is 42.6 Å². The standard InChI is InChI=1S/C18H28N2O3/c1-13-5-6-14(11-16(13)23-10-4-8-19)17(21)20-9-7-15(12-20)18(2,3)22/h5-6,11,15,22H,4,7-10,12,19H2,1-3H3/t15-/m1/s1. The molecule has 0 aliphatic carbocycles. The van der Waals surface area contributed by atoms with E-state index in [1.165, 1.54) is 0 Å². The number of benzene rings is 1. The van der Waals surface area contributed by atoms with Crippen molar-refractivity contribution in [2.45, 2.75) is 39.2 Å². The van der Waals surface area contributed by atoms with Gasteiger partial charge in [-0.2, -0.15) is 0 Å². The SMILES string of the molecule is Cc1ccc(C(=O)N2CC[C@@H](C(C)(C)O)C2)cc1OCCCN. The fourth-order valence-corrected chi connectivity index (χ4v) is 2.86. The molecule has 23 heavy (non-hydrogen) atoms. The summed E-state index contributed by atoms with van der Waals surface area (Å²) < 4.78 is 5.72. The molecule has 0 bridgehead atoms. The maximum absolute atomic E-state index is 12.7. The van der Waals surface area contributed by atoms with Crippen molar-refractivity contribution in [3.8, 4) is 5.75 Å². The Morgan fingerprint density at radius 3 is 2.83 bits per heavy atom. The molecule has 1 heterocycles. The topological polar surface area (TPSA) is 75.8 Å². The van der Waals surface area contributed by atoms with Crippen LogP contribution in [0.5, 0.6) is 5.75 Å². The molecular weight excluding hydrogens is 292 g/mol. The fourth-order valence-electron chi connectivity index (χ4n) is 2.86. The summed E-state index contributed by atoms with van der Waals surface area (Å²) in [5, 5.41) is 10.1. The van der Waals surface area contributed by atoms with E-state index in [2.05, 4.69) is 0 Å². The highest BCUT2D eigenvalue weighted by atomic mass is 16.5. The number of amides is 1. The molecule has 1 aliphatic heterocycles. The zero-order valence-corrected chi connectivity index (χ0v) is 14.3. The highest BCUT2D eigenvalue weighted by Gasteiger charge is 2.35. The second kappa shape index (κ2) is 7.32. The first-order valence-corrected chi connectivity index (χ1v) is 8.28. The molecule has 0 radical (unpaired) electrons. The third-order valence-corrected chi connectivity index (χ3v) is 4.52. The van der Waals surface area contributed by atoms with Crippen molar-refractivity contribution in [1.82, 2.24) is 4.90 Å². The van der Waals surface area contributed by atoms with Crippen molar-refractivity contribution in [2.24, 2.45) is 11.7 Å². The van der Waals surface area contributed by atoms with Gasteiger partial charge in [0.2, 0.25) is 0 Å². The lowest BCUT2D eigenvalue weighted by Gasteiger charge is -2.25. The molecule has 1 aliphatic rings. The van der Waals surface area contributed by atoms with Crippen LogP contribution in [0, 0.1) is 12.8 Å². The van der Waals surface area contributed by atoms with Gasteiger partial charge >= 0.3 is 0 Å². The Morgan fingerprint density at radius 1 is 1.48 bits per heavy atom. The van der Waals surface area contributed by atoms with Crippen LogP contribution in [-0.2, 0) is 0 Å². The van der Waals surface area contributed by atoms with Crippen molar-refractivity contribution in [3.05, 3.63) is 29.3 Å². The summed E-state index contributed by atoms with van der Waals surface area (Å²) in [6.45, 7) is 8.00. The summed E-state index contributed by atoms with van der Waals surface area (Å²) in [5.74, 6) is 0.861. The van der Waals surface area contributed by atoms with Crippen LogP contribution >= 0.6 is 0 Å². The molecule has 1 amide bonds. The lowest BCUT2D eigenvalue weighted by Crippen LogP contribution is -2.35. The van der Waals surface area contributed by atoms with Gasteiger partial charge in [0.15, 0.2) is 0 Å². The summed E-state index contributed by atoms with van der Waals surface area (Å²) in [5.41, 5.74) is 6.37. The van der Waals surface area contributed by atoms with E-state index in [-0.39, 0.29) is 11.8 Å². The molecule has 128 valence electrons. The van der Waals surface area contributed by atoms with Gasteiger partial charge in [-0.3, -0.25) is 4.79 Å². The first-order chi connectivity index (χ1) is 10.8. The molecule has 1 aromatic carbocycles. The first kappa shape index (κ1) is 17.8. The van der Waals surface area contributed by atoms with Crippen LogP contribution in [0.3, 0.4) is 0 Å². The van der Waals surface area contributed by atoms with Crippen LogP contribution in [-0.4, -0.2) is 47.8 Å². The predicted octanol–water partition coefficient (Wildman–Crippen LogP) is 1.96. The van der Waals surface area contributed by atoms with Crippen molar-refractivity contribution < 1.29 is 14.6 Å². The number of aryl methyl sites for hydroxylation is 1. The predicted molar refractivity (Wildman–Crippen MR) is 90.7 cm³/mol. The monoisotopic (exact) mass is 320 g/mol. The normalized spacial score (nSPS) is 18.3. The summed E-state index contributed by atoms with van der Waals surface area (Å²) in [6.07, 6.45) is 1.62. The van der Waals surface area contributed by atoms with Gasteiger partial charge in [0.05, 0.1) is 12.2 Å². The molecule has 3 N–H and O–H groups in total. The minimum Gasteiger partial charge on any atom is -0.493 e. The lowest BCUT2D eigenvalue weighted by atomic mass is 9.90. The summed E-state index contributed by atoms with van der Waals surface area (Å²) in [6, 6.07) is 5.56. The largest absolute Gasteiger partial charge is 0.493 e. The second-order valence-corrected chi connectivity index (χ2v) is 6.86. The van der Waals surface area contributed by atoms with Crippen molar-refractivity contribution in [3.63, 3.8) is 0 Å². The van der Waals surface area contributed by atoms with E-state index in [0.29, 0.717) is 31.8 Å². The van der Waals surface area contributed by atoms with E-state index < -0.39 is 5.60 Å².